The van der Waals surface area contributed by atoms with Gasteiger partial charge >= 0.3 is 0 Å². The molecule has 0 saturated carbocycles. The first kappa shape index (κ1) is 18.5. The fraction of sp³-hybridized carbons (Fsp3) is 0.300. The molecule has 6 heteroatoms. The predicted molar refractivity (Wildman–Crippen MR) is 102 cm³/mol. The van der Waals surface area contributed by atoms with Gasteiger partial charge in [-0.15, -0.1) is 0 Å². The van der Waals surface area contributed by atoms with Crippen LogP contribution in [0.4, 0.5) is 4.39 Å². The van der Waals surface area contributed by atoms with Crippen LogP contribution in [0, 0.1) is 11.7 Å². The summed E-state index contributed by atoms with van der Waals surface area (Å²) in [6.45, 7) is 2.58. The molecule has 0 atom stereocenters. The number of likely N-dealkylation sites (tertiary alicyclic amines) is 1. The van der Waals surface area contributed by atoms with Gasteiger partial charge in [-0.2, -0.15) is 5.10 Å². The van der Waals surface area contributed by atoms with Crippen LogP contribution in [0.3, 0.4) is 0 Å². The van der Waals surface area contributed by atoms with E-state index in [0.29, 0.717) is 5.56 Å². The Morgan fingerprint density at radius 2 is 1.88 bits per heavy atom. The fourth-order valence-electron chi connectivity index (χ4n) is 3.04. The second kappa shape index (κ2) is 8.92. The SMILES string of the molecule is O=C(N/N=C/c1ccccc1F)C1CCN(Cc2ccc(Cl)cc2)CC1. The summed E-state index contributed by atoms with van der Waals surface area (Å²) in [4.78, 5) is 14.6. The number of hydrogen-bond donors (Lipinski definition) is 1. The monoisotopic (exact) mass is 373 g/mol. The van der Waals surface area contributed by atoms with Crippen molar-refractivity contribution in [3.05, 3.63) is 70.5 Å². The van der Waals surface area contributed by atoms with Crippen molar-refractivity contribution in [2.75, 3.05) is 13.1 Å². The van der Waals surface area contributed by atoms with E-state index in [2.05, 4.69) is 15.4 Å². The number of hydrazone groups is 1. The number of hydrogen-bond acceptors (Lipinski definition) is 3. The molecule has 1 saturated heterocycles. The molecule has 2 aromatic carbocycles. The van der Waals surface area contributed by atoms with E-state index in [1.165, 1.54) is 17.8 Å². The van der Waals surface area contributed by atoms with Gasteiger partial charge in [0, 0.05) is 23.0 Å². The third-order valence-corrected chi connectivity index (χ3v) is 4.81. The maximum absolute atomic E-state index is 13.5. The number of piperidine rings is 1. The Morgan fingerprint density at radius 1 is 1.19 bits per heavy atom. The number of nitrogens with one attached hydrogen (secondary N) is 1. The fourth-order valence-corrected chi connectivity index (χ4v) is 3.16. The minimum absolute atomic E-state index is 0.0609. The average molecular weight is 374 g/mol. The van der Waals surface area contributed by atoms with Gasteiger partial charge in [-0.1, -0.05) is 41.9 Å². The van der Waals surface area contributed by atoms with Gasteiger partial charge in [-0.3, -0.25) is 9.69 Å². The van der Waals surface area contributed by atoms with Crippen molar-refractivity contribution in [3.8, 4) is 0 Å². The molecular formula is C20H21ClFN3O. The Morgan fingerprint density at radius 3 is 2.58 bits per heavy atom. The molecule has 1 heterocycles. The van der Waals surface area contributed by atoms with Gasteiger partial charge in [-0.05, 0) is 49.7 Å². The normalized spacial score (nSPS) is 16.1. The van der Waals surface area contributed by atoms with E-state index >= 15 is 0 Å². The molecule has 0 bridgehead atoms. The maximum atomic E-state index is 13.5. The van der Waals surface area contributed by atoms with Crippen molar-refractivity contribution < 1.29 is 9.18 Å². The minimum atomic E-state index is -0.360. The third kappa shape index (κ3) is 5.13. The quantitative estimate of drug-likeness (QED) is 0.639. The average Bonchev–Trinajstić information content (AvgIpc) is 2.66. The molecular weight excluding hydrogens is 353 g/mol. The van der Waals surface area contributed by atoms with Crippen LogP contribution < -0.4 is 5.43 Å². The standard InChI is InChI=1S/C20H21ClFN3O/c21-18-7-5-15(6-8-18)14-25-11-9-16(10-12-25)20(26)24-23-13-17-3-1-2-4-19(17)22/h1-8,13,16H,9-12,14H2,(H,24,26)/b23-13+. The van der Waals surface area contributed by atoms with Crippen molar-refractivity contribution in [3.63, 3.8) is 0 Å². The summed E-state index contributed by atoms with van der Waals surface area (Å²) in [5, 5.41) is 4.62. The van der Waals surface area contributed by atoms with Gasteiger partial charge in [0.25, 0.3) is 0 Å². The van der Waals surface area contributed by atoms with Gasteiger partial charge in [0.1, 0.15) is 5.82 Å². The smallest absolute Gasteiger partial charge is 0.243 e. The van der Waals surface area contributed by atoms with E-state index in [9.17, 15) is 9.18 Å². The van der Waals surface area contributed by atoms with Crippen molar-refractivity contribution in [1.82, 2.24) is 10.3 Å². The Kier molecular flexibility index (Phi) is 6.36. The summed E-state index contributed by atoms with van der Waals surface area (Å²) in [6, 6.07) is 14.2. The summed E-state index contributed by atoms with van der Waals surface area (Å²) < 4.78 is 13.5. The van der Waals surface area contributed by atoms with Crippen LogP contribution in [0.15, 0.2) is 53.6 Å². The molecule has 1 N–H and O–H groups in total. The predicted octanol–water partition coefficient (Wildman–Crippen LogP) is 3.84. The first-order valence-electron chi connectivity index (χ1n) is 8.66. The first-order chi connectivity index (χ1) is 12.6. The van der Waals surface area contributed by atoms with Gasteiger partial charge in [0.2, 0.25) is 5.91 Å². The van der Waals surface area contributed by atoms with Crippen molar-refractivity contribution in [2.45, 2.75) is 19.4 Å². The summed E-state index contributed by atoms with van der Waals surface area (Å²) in [7, 11) is 0. The summed E-state index contributed by atoms with van der Waals surface area (Å²) in [6.07, 6.45) is 2.91. The largest absolute Gasteiger partial charge is 0.299 e. The molecule has 0 spiro atoms. The second-order valence-electron chi connectivity index (χ2n) is 6.43. The number of halogens is 2. The van der Waals surface area contributed by atoms with Crippen LogP contribution in [-0.4, -0.2) is 30.1 Å². The van der Waals surface area contributed by atoms with Crippen molar-refractivity contribution in [1.29, 1.82) is 0 Å². The van der Waals surface area contributed by atoms with E-state index in [4.69, 9.17) is 11.6 Å². The van der Waals surface area contributed by atoms with Crippen molar-refractivity contribution >= 4 is 23.7 Å². The highest BCUT2D eigenvalue weighted by atomic mass is 35.5. The van der Waals surface area contributed by atoms with E-state index in [-0.39, 0.29) is 17.6 Å². The number of carbonyl (C=O) groups is 1. The van der Waals surface area contributed by atoms with Crippen LogP contribution in [0.2, 0.25) is 5.02 Å². The molecule has 2 aromatic rings. The second-order valence-corrected chi connectivity index (χ2v) is 6.87. The Bertz CT molecular complexity index is 771. The molecule has 0 unspecified atom stereocenters. The number of carbonyl (C=O) groups excluding carboxylic acids is 1. The molecule has 1 fully saturated rings. The maximum Gasteiger partial charge on any atom is 0.243 e. The topological polar surface area (TPSA) is 44.7 Å². The number of rotatable bonds is 5. The molecule has 0 aromatic heterocycles. The molecule has 136 valence electrons. The summed E-state index contributed by atoms with van der Waals surface area (Å²) in [5.74, 6) is -0.529. The lowest BCUT2D eigenvalue weighted by molar-refractivity contribution is -0.126. The molecule has 0 aliphatic carbocycles. The highest BCUT2D eigenvalue weighted by Gasteiger charge is 2.24. The molecule has 26 heavy (non-hydrogen) atoms. The highest BCUT2D eigenvalue weighted by Crippen LogP contribution is 2.20. The van der Waals surface area contributed by atoms with E-state index < -0.39 is 0 Å². The van der Waals surface area contributed by atoms with Gasteiger partial charge in [0.05, 0.1) is 6.21 Å². The van der Waals surface area contributed by atoms with Gasteiger partial charge in [0.15, 0.2) is 0 Å². The van der Waals surface area contributed by atoms with Crippen LogP contribution in [0.1, 0.15) is 24.0 Å². The van der Waals surface area contributed by atoms with Gasteiger partial charge < -0.3 is 0 Å². The molecule has 3 rings (SSSR count). The summed E-state index contributed by atoms with van der Waals surface area (Å²) in [5.41, 5.74) is 4.10. The van der Waals surface area contributed by atoms with E-state index in [0.717, 1.165) is 37.5 Å². The molecule has 0 radical (unpaired) electrons. The Balaban J connectivity index is 1.44. The Labute approximate surface area is 157 Å². The first-order valence-corrected chi connectivity index (χ1v) is 9.04. The zero-order valence-corrected chi connectivity index (χ0v) is 15.1. The van der Waals surface area contributed by atoms with Crippen molar-refractivity contribution in [2.24, 2.45) is 11.0 Å². The van der Waals surface area contributed by atoms with Crippen LogP contribution in [-0.2, 0) is 11.3 Å². The third-order valence-electron chi connectivity index (χ3n) is 4.56. The molecule has 4 nitrogen and oxygen atoms in total. The number of benzene rings is 2. The number of nitrogens with zero attached hydrogens (tertiary/aromatic N) is 2. The van der Waals surface area contributed by atoms with Crippen LogP contribution in [0.25, 0.3) is 0 Å². The Hall–Kier alpha value is -2.24. The lowest BCUT2D eigenvalue weighted by Crippen LogP contribution is -2.39. The molecule has 1 amide bonds. The molecule has 1 aliphatic rings. The lowest BCUT2D eigenvalue weighted by Gasteiger charge is -2.30. The number of amides is 1. The minimum Gasteiger partial charge on any atom is -0.299 e. The summed E-state index contributed by atoms with van der Waals surface area (Å²) >= 11 is 5.91. The molecule has 1 aliphatic heterocycles. The van der Waals surface area contributed by atoms with E-state index in [1.54, 1.807) is 18.2 Å². The lowest BCUT2D eigenvalue weighted by atomic mass is 9.96. The van der Waals surface area contributed by atoms with E-state index in [1.807, 2.05) is 24.3 Å². The zero-order chi connectivity index (χ0) is 18.4. The van der Waals surface area contributed by atoms with Crippen LogP contribution in [0.5, 0.6) is 0 Å². The van der Waals surface area contributed by atoms with Crippen LogP contribution >= 0.6 is 11.6 Å². The van der Waals surface area contributed by atoms with Gasteiger partial charge in [-0.25, -0.2) is 9.82 Å². The highest BCUT2D eigenvalue weighted by molar-refractivity contribution is 6.30. The zero-order valence-electron chi connectivity index (χ0n) is 14.4.